The third kappa shape index (κ3) is 3.81. The summed E-state index contributed by atoms with van der Waals surface area (Å²) in [5.74, 6) is 0.935. The van der Waals surface area contributed by atoms with Crippen LogP contribution in [-0.2, 0) is 17.8 Å². The van der Waals surface area contributed by atoms with E-state index in [9.17, 15) is 9.59 Å². The number of imidazole rings is 1. The van der Waals surface area contributed by atoms with E-state index in [1.807, 2.05) is 49.2 Å². The van der Waals surface area contributed by atoms with Gasteiger partial charge in [-0.3, -0.25) is 9.59 Å². The first-order valence-corrected chi connectivity index (χ1v) is 10.2. The Morgan fingerprint density at radius 1 is 1.21 bits per heavy atom. The van der Waals surface area contributed by atoms with E-state index < -0.39 is 0 Å². The first-order valence-electron chi connectivity index (χ1n) is 10.2. The van der Waals surface area contributed by atoms with Crippen LogP contribution in [0.3, 0.4) is 0 Å². The number of amides is 2. The number of hydrogen-bond donors (Lipinski definition) is 1. The molecule has 0 radical (unpaired) electrons. The van der Waals surface area contributed by atoms with Crippen molar-refractivity contribution in [2.24, 2.45) is 0 Å². The van der Waals surface area contributed by atoms with E-state index in [0.717, 1.165) is 29.9 Å². The molecular weight excluding hydrogens is 352 g/mol. The van der Waals surface area contributed by atoms with E-state index in [4.69, 9.17) is 4.98 Å². The Bertz CT molecular complexity index is 882. The quantitative estimate of drug-likeness (QED) is 0.887. The van der Waals surface area contributed by atoms with Gasteiger partial charge in [0.15, 0.2) is 0 Å². The van der Waals surface area contributed by atoms with Gasteiger partial charge < -0.3 is 14.8 Å². The number of carbonyl (C=O) groups excluding carboxylic acids is 2. The second-order valence-electron chi connectivity index (χ2n) is 8.05. The summed E-state index contributed by atoms with van der Waals surface area (Å²) in [6, 6.07) is 7.90. The Kier molecular flexibility index (Phi) is 5.20. The molecule has 6 heteroatoms. The first kappa shape index (κ1) is 18.7. The summed E-state index contributed by atoms with van der Waals surface area (Å²) < 4.78 is 2.09. The molecule has 28 heavy (non-hydrogen) atoms. The third-order valence-corrected chi connectivity index (χ3v) is 5.87. The van der Waals surface area contributed by atoms with Crippen LogP contribution in [0.25, 0.3) is 0 Å². The topological polar surface area (TPSA) is 67.2 Å². The lowest BCUT2D eigenvalue weighted by Gasteiger charge is -2.33. The van der Waals surface area contributed by atoms with Gasteiger partial charge in [0.25, 0.3) is 5.91 Å². The van der Waals surface area contributed by atoms with Crippen LogP contribution in [0, 0.1) is 6.92 Å². The number of nitrogens with zero attached hydrogens (tertiary/aromatic N) is 3. The van der Waals surface area contributed by atoms with Gasteiger partial charge in [0, 0.05) is 30.9 Å². The molecule has 1 aliphatic carbocycles. The Labute approximate surface area is 165 Å². The molecule has 1 N–H and O–H groups in total. The van der Waals surface area contributed by atoms with Crippen molar-refractivity contribution in [3.63, 3.8) is 0 Å². The molecule has 1 aliphatic heterocycles. The number of benzene rings is 1. The number of fused-ring (bicyclic) bond motifs is 1. The average Bonchev–Trinajstić information content (AvgIpc) is 3.31. The fourth-order valence-corrected chi connectivity index (χ4v) is 4.37. The van der Waals surface area contributed by atoms with Gasteiger partial charge in [0.1, 0.15) is 5.82 Å². The van der Waals surface area contributed by atoms with Gasteiger partial charge in [0.2, 0.25) is 5.91 Å². The second kappa shape index (κ2) is 7.78. The minimum atomic E-state index is -0.117. The zero-order valence-electron chi connectivity index (χ0n) is 16.6. The number of aromatic nitrogens is 2. The summed E-state index contributed by atoms with van der Waals surface area (Å²) in [5.41, 5.74) is 2.57. The molecule has 2 amide bonds. The van der Waals surface area contributed by atoms with Crippen LogP contribution in [0.15, 0.2) is 30.5 Å². The normalized spacial score (nSPS) is 19.5. The van der Waals surface area contributed by atoms with E-state index in [1.165, 1.54) is 12.8 Å². The average molecular weight is 380 g/mol. The first-order chi connectivity index (χ1) is 13.5. The van der Waals surface area contributed by atoms with Crippen molar-refractivity contribution in [2.45, 2.75) is 64.6 Å². The molecule has 148 valence electrons. The van der Waals surface area contributed by atoms with E-state index in [1.54, 1.807) is 0 Å². The highest BCUT2D eigenvalue weighted by Gasteiger charge is 2.30. The third-order valence-electron chi connectivity index (χ3n) is 5.87. The summed E-state index contributed by atoms with van der Waals surface area (Å²) in [4.78, 5) is 31.9. The van der Waals surface area contributed by atoms with Crippen molar-refractivity contribution in [3.8, 4) is 0 Å². The summed E-state index contributed by atoms with van der Waals surface area (Å²) in [5, 5.41) is 3.12. The van der Waals surface area contributed by atoms with Gasteiger partial charge in [0.05, 0.1) is 18.2 Å². The van der Waals surface area contributed by atoms with Gasteiger partial charge in [-0.15, -0.1) is 0 Å². The molecule has 1 saturated carbocycles. The molecule has 4 rings (SSSR count). The van der Waals surface area contributed by atoms with Crippen molar-refractivity contribution in [1.82, 2.24) is 19.8 Å². The highest BCUT2D eigenvalue weighted by molar-refractivity contribution is 5.94. The molecule has 0 spiro atoms. The van der Waals surface area contributed by atoms with Crippen molar-refractivity contribution in [3.05, 3.63) is 53.1 Å². The van der Waals surface area contributed by atoms with Gasteiger partial charge in [-0.2, -0.15) is 0 Å². The maximum Gasteiger partial charge on any atom is 0.254 e. The number of rotatable bonds is 4. The molecule has 1 aromatic heterocycles. The molecule has 0 unspecified atom stereocenters. The summed E-state index contributed by atoms with van der Waals surface area (Å²) in [6.45, 7) is 5.35. The highest BCUT2D eigenvalue weighted by atomic mass is 16.2. The number of hydrogen-bond acceptors (Lipinski definition) is 3. The van der Waals surface area contributed by atoms with Gasteiger partial charge >= 0.3 is 0 Å². The maximum absolute atomic E-state index is 13.0. The van der Waals surface area contributed by atoms with Crippen molar-refractivity contribution >= 4 is 11.8 Å². The largest absolute Gasteiger partial charge is 0.353 e. The second-order valence-corrected chi connectivity index (χ2v) is 8.05. The van der Waals surface area contributed by atoms with Crippen molar-refractivity contribution < 1.29 is 9.59 Å². The molecular formula is C22H28N4O2. The van der Waals surface area contributed by atoms with Crippen LogP contribution in [0.4, 0.5) is 0 Å². The number of aryl methyl sites for hydroxylation is 1. The maximum atomic E-state index is 13.0. The van der Waals surface area contributed by atoms with Crippen LogP contribution < -0.4 is 5.32 Å². The Balaban J connectivity index is 1.45. The molecule has 0 bridgehead atoms. The smallest absolute Gasteiger partial charge is 0.254 e. The molecule has 2 aromatic rings. The molecule has 0 saturated heterocycles. The van der Waals surface area contributed by atoms with Crippen LogP contribution in [0.1, 0.15) is 66.1 Å². The van der Waals surface area contributed by atoms with Gasteiger partial charge in [-0.1, -0.05) is 30.5 Å². The summed E-state index contributed by atoms with van der Waals surface area (Å²) in [7, 11) is 0. The molecule has 1 fully saturated rings. The predicted molar refractivity (Wildman–Crippen MR) is 107 cm³/mol. The molecule has 2 heterocycles. The molecule has 1 atom stereocenters. The van der Waals surface area contributed by atoms with Crippen molar-refractivity contribution in [1.29, 1.82) is 0 Å². The minimum Gasteiger partial charge on any atom is -0.353 e. The Morgan fingerprint density at radius 3 is 2.75 bits per heavy atom. The molecule has 1 aromatic carbocycles. The Morgan fingerprint density at radius 2 is 2.00 bits per heavy atom. The zero-order valence-corrected chi connectivity index (χ0v) is 16.6. The van der Waals surface area contributed by atoms with Crippen LogP contribution in [0.2, 0.25) is 0 Å². The van der Waals surface area contributed by atoms with Crippen molar-refractivity contribution in [2.75, 3.05) is 6.54 Å². The molecule has 2 aliphatic rings. The molecule has 6 nitrogen and oxygen atoms in total. The van der Waals surface area contributed by atoms with Gasteiger partial charge in [-0.25, -0.2) is 4.98 Å². The highest BCUT2D eigenvalue weighted by Crippen LogP contribution is 2.26. The zero-order chi connectivity index (χ0) is 19.7. The standard InChI is InChI=1S/C22H28N4O2/c1-15-6-5-7-17(12-15)22(28)26-11-10-25-14-19(24-21(25)16(26)2)13-20(27)23-18-8-3-4-9-18/h5-7,12,14,16,18H,3-4,8-11,13H2,1-2H3,(H,23,27)/t16-/m1/s1. The Hall–Kier alpha value is -2.63. The fourth-order valence-electron chi connectivity index (χ4n) is 4.37. The summed E-state index contributed by atoms with van der Waals surface area (Å²) in [6.07, 6.45) is 6.83. The van der Waals surface area contributed by atoms with Crippen LogP contribution in [-0.4, -0.2) is 38.9 Å². The number of carbonyl (C=O) groups is 2. The lowest BCUT2D eigenvalue weighted by molar-refractivity contribution is -0.121. The van der Waals surface area contributed by atoms with E-state index in [0.29, 0.717) is 31.1 Å². The lowest BCUT2D eigenvalue weighted by Crippen LogP contribution is -2.41. The van der Waals surface area contributed by atoms with Crippen LogP contribution in [0.5, 0.6) is 0 Å². The predicted octanol–water partition coefficient (Wildman–Crippen LogP) is 3.01. The lowest BCUT2D eigenvalue weighted by atomic mass is 10.1. The van der Waals surface area contributed by atoms with E-state index in [2.05, 4.69) is 9.88 Å². The van der Waals surface area contributed by atoms with Crippen LogP contribution >= 0.6 is 0 Å². The van der Waals surface area contributed by atoms with E-state index in [-0.39, 0.29) is 17.9 Å². The summed E-state index contributed by atoms with van der Waals surface area (Å²) >= 11 is 0. The fraction of sp³-hybridized carbons (Fsp3) is 0.500. The van der Waals surface area contributed by atoms with E-state index >= 15 is 0 Å². The minimum absolute atomic E-state index is 0.0333. The number of nitrogens with one attached hydrogen (secondary N) is 1. The van der Waals surface area contributed by atoms with Gasteiger partial charge in [-0.05, 0) is 38.8 Å². The monoisotopic (exact) mass is 380 g/mol. The SMILES string of the molecule is Cc1cccc(C(=O)N2CCn3cc(CC(=O)NC4CCCC4)nc3[C@H]2C)c1.